The van der Waals surface area contributed by atoms with Crippen LogP contribution < -0.4 is 20.1 Å². The SMILES string of the molecule is COc1cc(NC(=O)C(=O)N[C@H](C)c2cccnc2)c(OC)cc1Cl. The lowest BCUT2D eigenvalue weighted by Crippen LogP contribution is -2.37. The number of hydrogen-bond acceptors (Lipinski definition) is 5. The number of ether oxygens (including phenoxy) is 2. The fourth-order valence-electron chi connectivity index (χ4n) is 2.11. The van der Waals surface area contributed by atoms with E-state index in [4.69, 9.17) is 21.1 Å². The zero-order valence-corrected chi connectivity index (χ0v) is 14.8. The van der Waals surface area contributed by atoms with Gasteiger partial charge in [0.15, 0.2) is 0 Å². The molecule has 0 bridgehead atoms. The van der Waals surface area contributed by atoms with Crippen molar-refractivity contribution in [3.63, 3.8) is 0 Å². The van der Waals surface area contributed by atoms with E-state index < -0.39 is 11.8 Å². The summed E-state index contributed by atoms with van der Waals surface area (Å²) in [5, 5.41) is 5.42. The van der Waals surface area contributed by atoms with Crippen LogP contribution in [0.1, 0.15) is 18.5 Å². The Morgan fingerprint density at radius 1 is 1.16 bits per heavy atom. The number of nitrogens with one attached hydrogen (secondary N) is 2. The minimum Gasteiger partial charge on any atom is -0.495 e. The van der Waals surface area contributed by atoms with Gasteiger partial charge in [-0.2, -0.15) is 0 Å². The summed E-state index contributed by atoms with van der Waals surface area (Å²) in [5.74, 6) is -0.958. The lowest BCUT2D eigenvalue weighted by Gasteiger charge is -2.15. The van der Waals surface area contributed by atoms with Crippen LogP contribution in [0, 0.1) is 0 Å². The maximum absolute atomic E-state index is 12.2. The first kappa shape index (κ1) is 18.5. The number of carbonyl (C=O) groups is 2. The van der Waals surface area contributed by atoms with E-state index in [1.807, 2.05) is 6.07 Å². The molecule has 1 aromatic heterocycles. The highest BCUT2D eigenvalue weighted by Crippen LogP contribution is 2.35. The number of anilines is 1. The van der Waals surface area contributed by atoms with E-state index in [-0.39, 0.29) is 11.7 Å². The topological polar surface area (TPSA) is 89.5 Å². The Balaban J connectivity index is 2.10. The van der Waals surface area contributed by atoms with Crippen LogP contribution in [0.25, 0.3) is 0 Å². The molecule has 2 rings (SSSR count). The maximum atomic E-state index is 12.2. The van der Waals surface area contributed by atoms with Crippen molar-refractivity contribution in [2.24, 2.45) is 0 Å². The molecule has 0 unspecified atom stereocenters. The molecule has 1 aromatic carbocycles. The average Bonchev–Trinajstić information content (AvgIpc) is 2.63. The van der Waals surface area contributed by atoms with Crippen LogP contribution in [0.2, 0.25) is 5.02 Å². The fraction of sp³-hybridized carbons (Fsp3) is 0.235. The van der Waals surface area contributed by atoms with Crippen LogP contribution in [-0.2, 0) is 9.59 Å². The first-order valence-electron chi connectivity index (χ1n) is 7.39. The highest BCUT2D eigenvalue weighted by Gasteiger charge is 2.20. The molecule has 0 aliphatic heterocycles. The standard InChI is InChI=1S/C17H18ClN3O4/c1-10(11-5-4-6-19-9-11)20-16(22)17(23)21-13-8-14(24-2)12(18)7-15(13)25-3/h4-10H,1-3H3,(H,20,22)(H,21,23)/t10-/m1/s1. The zero-order valence-electron chi connectivity index (χ0n) is 14.0. The molecule has 0 saturated heterocycles. The van der Waals surface area contributed by atoms with Gasteiger partial charge in [0.1, 0.15) is 11.5 Å². The number of benzene rings is 1. The summed E-state index contributed by atoms with van der Waals surface area (Å²) >= 11 is 6.01. The first-order chi connectivity index (χ1) is 12.0. The number of rotatable bonds is 5. The Morgan fingerprint density at radius 2 is 1.88 bits per heavy atom. The average molecular weight is 364 g/mol. The van der Waals surface area contributed by atoms with E-state index in [9.17, 15) is 9.59 Å². The summed E-state index contributed by atoms with van der Waals surface area (Å²) in [5.41, 5.74) is 1.06. The lowest BCUT2D eigenvalue weighted by atomic mass is 10.1. The first-order valence-corrected chi connectivity index (χ1v) is 7.77. The molecule has 2 aromatic rings. The maximum Gasteiger partial charge on any atom is 0.313 e. The molecule has 0 aliphatic rings. The van der Waals surface area contributed by atoms with Crippen molar-refractivity contribution in [2.75, 3.05) is 19.5 Å². The molecule has 0 fully saturated rings. The van der Waals surface area contributed by atoms with Crippen molar-refractivity contribution < 1.29 is 19.1 Å². The van der Waals surface area contributed by atoms with Crippen molar-refractivity contribution in [1.82, 2.24) is 10.3 Å². The predicted octanol–water partition coefficient (Wildman–Crippen LogP) is 2.57. The summed E-state index contributed by atoms with van der Waals surface area (Å²) in [6, 6.07) is 6.17. The monoisotopic (exact) mass is 363 g/mol. The van der Waals surface area contributed by atoms with E-state index in [0.29, 0.717) is 16.5 Å². The van der Waals surface area contributed by atoms with Crippen LogP contribution in [0.4, 0.5) is 5.69 Å². The Labute approximate surface area is 150 Å². The number of pyridine rings is 1. The van der Waals surface area contributed by atoms with Crippen LogP contribution in [0.3, 0.4) is 0 Å². The smallest absolute Gasteiger partial charge is 0.313 e. The van der Waals surface area contributed by atoms with Crippen LogP contribution >= 0.6 is 11.6 Å². The van der Waals surface area contributed by atoms with Crippen molar-refractivity contribution in [3.05, 3.63) is 47.2 Å². The second-order valence-corrected chi connectivity index (χ2v) is 5.53. The molecule has 132 valence electrons. The van der Waals surface area contributed by atoms with Gasteiger partial charge in [0.25, 0.3) is 0 Å². The van der Waals surface area contributed by atoms with Gasteiger partial charge in [-0.25, -0.2) is 0 Å². The van der Waals surface area contributed by atoms with E-state index in [1.165, 1.54) is 26.4 Å². The van der Waals surface area contributed by atoms with Gasteiger partial charge in [0.2, 0.25) is 0 Å². The van der Waals surface area contributed by atoms with Gasteiger partial charge in [0.05, 0.1) is 31.0 Å². The highest BCUT2D eigenvalue weighted by atomic mass is 35.5. The van der Waals surface area contributed by atoms with Gasteiger partial charge in [-0.05, 0) is 18.6 Å². The number of aromatic nitrogens is 1. The zero-order chi connectivity index (χ0) is 18.4. The van der Waals surface area contributed by atoms with Crippen molar-refractivity contribution in [1.29, 1.82) is 0 Å². The molecule has 8 heteroatoms. The summed E-state index contributed by atoms with van der Waals surface area (Å²) in [4.78, 5) is 28.3. The number of carbonyl (C=O) groups excluding carboxylic acids is 2. The third-order valence-electron chi connectivity index (χ3n) is 3.46. The summed E-state index contributed by atoms with van der Waals surface area (Å²) in [6.07, 6.45) is 3.25. The molecule has 0 spiro atoms. The lowest BCUT2D eigenvalue weighted by molar-refractivity contribution is -0.136. The molecule has 1 heterocycles. The van der Waals surface area contributed by atoms with Gasteiger partial charge in [0, 0.05) is 24.5 Å². The minimum atomic E-state index is -0.835. The molecule has 0 radical (unpaired) electrons. The van der Waals surface area contributed by atoms with E-state index in [2.05, 4.69) is 15.6 Å². The molecule has 7 nitrogen and oxygen atoms in total. The largest absolute Gasteiger partial charge is 0.495 e. The number of methoxy groups -OCH3 is 2. The number of amides is 2. The Morgan fingerprint density at radius 3 is 2.48 bits per heavy atom. The van der Waals surface area contributed by atoms with E-state index in [0.717, 1.165) is 5.56 Å². The number of hydrogen-bond donors (Lipinski definition) is 2. The van der Waals surface area contributed by atoms with Gasteiger partial charge in [-0.1, -0.05) is 17.7 Å². The fourth-order valence-corrected chi connectivity index (χ4v) is 2.35. The van der Waals surface area contributed by atoms with Crippen molar-refractivity contribution >= 4 is 29.1 Å². The molecule has 25 heavy (non-hydrogen) atoms. The predicted molar refractivity (Wildman–Crippen MR) is 94.0 cm³/mol. The third-order valence-corrected chi connectivity index (χ3v) is 3.76. The summed E-state index contributed by atoms with van der Waals surface area (Å²) in [7, 11) is 2.87. The molecule has 2 N–H and O–H groups in total. The van der Waals surface area contributed by atoms with Gasteiger partial charge in [-0.3, -0.25) is 14.6 Å². The Kier molecular flexibility index (Phi) is 6.19. The van der Waals surface area contributed by atoms with E-state index in [1.54, 1.807) is 25.4 Å². The minimum absolute atomic E-state index is 0.276. The molecule has 0 saturated carbocycles. The van der Waals surface area contributed by atoms with Crippen molar-refractivity contribution in [2.45, 2.75) is 13.0 Å². The Hall–Kier alpha value is -2.80. The molecule has 2 amide bonds. The second kappa shape index (κ2) is 8.34. The van der Waals surface area contributed by atoms with Crippen LogP contribution in [0.15, 0.2) is 36.7 Å². The number of nitrogens with zero attached hydrogens (tertiary/aromatic N) is 1. The van der Waals surface area contributed by atoms with Crippen LogP contribution in [-0.4, -0.2) is 31.0 Å². The molecule has 0 aliphatic carbocycles. The van der Waals surface area contributed by atoms with Crippen molar-refractivity contribution in [3.8, 4) is 11.5 Å². The molecular formula is C17H18ClN3O4. The second-order valence-electron chi connectivity index (χ2n) is 5.12. The van der Waals surface area contributed by atoms with E-state index >= 15 is 0 Å². The molecular weight excluding hydrogens is 346 g/mol. The molecule has 1 atom stereocenters. The third kappa shape index (κ3) is 4.60. The van der Waals surface area contributed by atoms with Gasteiger partial charge >= 0.3 is 11.8 Å². The van der Waals surface area contributed by atoms with Gasteiger partial charge in [-0.15, -0.1) is 0 Å². The normalized spacial score (nSPS) is 11.4. The number of halogens is 1. The summed E-state index contributed by atoms with van der Waals surface area (Å²) < 4.78 is 10.3. The van der Waals surface area contributed by atoms with Crippen LogP contribution in [0.5, 0.6) is 11.5 Å². The Bertz CT molecular complexity index is 768. The highest BCUT2D eigenvalue weighted by molar-refractivity contribution is 6.40. The summed E-state index contributed by atoms with van der Waals surface area (Å²) in [6.45, 7) is 1.76. The quantitative estimate of drug-likeness (QED) is 0.797. The van der Waals surface area contributed by atoms with Gasteiger partial charge < -0.3 is 20.1 Å².